The Bertz CT molecular complexity index is 637. The van der Waals surface area contributed by atoms with Crippen molar-refractivity contribution in [1.29, 1.82) is 0 Å². The van der Waals surface area contributed by atoms with E-state index in [-0.39, 0.29) is 12.2 Å². The molecule has 0 fully saturated rings. The van der Waals surface area contributed by atoms with E-state index in [2.05, 4.69) is 0 Å². The third-order valence-corrected chi connectivity index (χ3v) is 3.31. The van der Waals surface area contributed by atoms with E-state index < -0.39 is 23.8 Å². The van der Waals surface area contributed by atoms with Crippen LogP contribution < -0.4 is 4.74 Å². The lowest BCUT2D eigenvalue weighted by Gasteiger charge is -2.30. The smallest absolute Gasteiger partial charge is 0.127 e. The van der Waals surface area contributed by atoms with Crippen molar-refractivity contribution in [2.24, 2.45) is 0 Å². The summed E-state index contributed by atoms with van der Waals surface area (Å²) in [7, 11) is 0. The number of aliphatic hydroxyl groups is 1. The zero-order valence-electron chi connectivity index (χ0n) is 10.4. The summed E-state index contributed by atoms with van der Waals surface area (Å²) in [6.45, 7) is 0. The Morgan fingerprint density at radius 1 is 1.05 bits per heavy atom. The molecule has 1 aliphatic heterocycles. The summed E-state index contributed by atoms with van der Waals surface area (Å²) < 4.78 is 32.1. The van der Waals surface area contributed by atoms with E-state index in [4.69, 9.17) is 4.74 Å². The van der Waals surface area contributed by atoms with Gasteiger partial charge in [0.05, 0.1) is 6.10 Å². The van der Waals surface area contributed by atoms with Gasteiger partial charge in [-0.05, 0) is 35.9 Å². The molecule has 3 nitrogen and oxygen atoms in total. The lowest BCUT2D eigenvalue weighted by atomic mass is 9.95. The van der Waals surface area contributed by atoms with E-state index in [1.54, 1.807) is 0 Å². The Hall–Kier alpha value is -2.14. The molecule has 2 unspecified atom stereocenters. The molecule has 5 heteroatoms. The molecule has 0 radical (unpaired) electrons. The molecule has 0 aromatic heterocycles. The van der Waals surface area contributed by atoms with Crippen LogP contribution in [0.25, 0.3) is 0 Å². The number of hydrogen-bond donors (Lipinski definition) is 2. The number of phenolic OH excluding ortho intramolecular Hbond substituents is 1. The second-order valence-corrected chi connectivity index (χ2v) is 4.78. The molecular formula is C15H12F2O3. The molecule has 0 amide bonds. The normalized spacial score (nSPS) is 21.1. The number of benzene rings is 2. The van der Waals surface area contributed by atoms with E-state index in [9.17, 15) is 19.0 Å². The van der Waals surface area contributed by atoms with Gasteiger partial charge in [0.15, 0.2) is 0 Å². The highest BCUT2D eigenvalue weighted by Crippen LogP contribution is 2.41. The van der Waals surface area contributed by atoms with Crippen LogP contribution in [0.3, 0.4) is 0 Å². The average molecular weight is 278 g/mol. The van der Waals surface area contributed by atoms with Crippen LogP contribution in [0.2, 0.25) is 0 Å². The van der Waals surface area contributed by atoms with Crippen molar-refractivity contribution in [3.05, 3.63) is 59.2 Å². The zero-order valence-corrected chi connectivity index (χ0v) is 10.4. The van der Waals surface area contributed by atoms with E-state index in [1.165, 1.54) is 30.3 Å². The molecule has 1 aliphatic rings. The minimum absolute atomic E-state index is 0.166. The number of fused-ring (bicyclic) bond motifs is 1. The second kappa shape index (κ2) is 4.76. The van der Waals surface area contributed by atoms with Gasteiger partial charge in [-0.1, -0.05) is 0 Å². The van der Waals surface area contributed by atoms with Gasteiger partial charge in [-0.2, -0.15) is 0 Å². The van der Waals surface area contributed by atoms with Gasteiger partial charge in [-0.15, -0.1) is 0 Å². The number of ether oxygens (including phenoxy) is 1. The molecular weight excluding hydrogens is 266 g/mol. The molecule has 104 valence electrons. The van der Waals surface area contributed by atoms with Crippen molar-refractivity contribution < 1.29 is 23.7 Å². The lowest BCUT2D eigenvalue weighted by molar-refractivity contribution is 0.0650. The fourth-order valence-electron chi connectivity index (χ4n) is 2.40. The van der Waals surface area contributed by atoms with Crippen molar-refractivity contribution in [2.45, 2.75) is 18.6 Å². The Kier molecular flexibility index (Phi) is 3.06. The number of aliphatic hydroxyl groups excluding tert-OH is 1. The van der Waals surface area contributed by atoms with Gasteiger partial charge in [-0.25, -0.2) is 8.78 Å². The minimum Gasteiger partial charge on any atom is -0.508 e. The van der Waals surface area contributed by atoms with Crippen molar-refractivity contribution in [1.82, 2.24) is 0 Å². The number of hydrogen-bond acceptors (Lipinski definition) is 3. The highest BCUT2D eigenvalue weighted by Gasteiger charge is 2.28. The van der Waals surface area contributed by atoms with E-state index in [0.29, 0.717) is 16.9 Å². The zero-order chi connectivity index (χ0) is 14.3. The maximum Gasteiger partial charge on any atom is 0.127 e. The molecule has 0 saturated carbocycles. The molecule has 3 rings (SSSR count). The van der Waals surface area contributed by atoms with E-state index >= 15 is 0 Å². The van der Waals surface area contributed by atoms with Crippen molar-refractivity contribution in [3.63, 3.8) is 0 Å². The fourth-order valence-corrected chi connectivity index (χ4v) is 2.40. The van der Waals surface area contributed by atoms with Crippen LogP contribution in [0.5, 0.6) is 11.5 Å². The standard InChI is InChI=1S/C15H12F2O3/c16-9-1-2-14-12(6-9)13(19)7-15(20-14)8-3-10(17)5-11(18)4-8/h1-6,13,15,18-19H,7H2. The Balaban J connectivity index is 1.96. The monoisotopic (exact) mass is 278 g/mol. The molecule has 0 aliphatic carbocycles. The van der Waals surface area contributed by atoms with Crippen LogP contribution in [-0.2, 0) is 0 Å². The van der Waals surface area contributed by atoms with E-state index in [0.717, 1.165) is 6.07 Å². The van der Waals surface area contributed by atoms with Crippen LogP contribution in [-0.4, -0.2) is 10.2 Å². The molecule has 2 aromatic rings. The van der Waals surface area contributed by atoms with Gasteiger partial charge in [0, 0.05) is 18.1 Å². The predicted molar refractivity (Wildman–Crippen MR) is 67.4 cm³/mol. The van der Waals surface area contributed by atoms with Crippen LogP contribution >= 0.6 is 0 Å². The number of halogens is 2. The maximum atomic E-state index is 13.3. The van der Waals surface area contributed by atoms with Crippen molar-refractivity contribution >= 4 is 0 Å². The molecule has 1 heterocycles. The first kappa shape index (κ1) is 12.9. The van der Waals surface area contributed by atoms with Gasteiger partial charge in [0.1, 0.15) is 29.2 Å². The van der Waals surface area contributed by atoms with Crippen LogP contribution in [0, 0.1) is 11.6 Å². The molecule has 20 heavy (non-hydrogen) atoms. The molecule has 0 bridgehead atoms. The van der Waals surface area contributed by atoms with Crippen LogP contribution in [0.15, 0.2) is 36.4 Å². The molecule has 2 aromatic carbocycles. The third-order valence-electron chi connectivity index (χ3n) is 3.31. The summed E-state index contributed by atoms with van der Waals surface area (Å²) in [5.41, 5.74) is 0.804. The van der Waals surface area contributed by atoms with Gasteiger partial charge < -0.3 is 14.9 Å². The predicted octanol–water partition coefficient (Wildman–Crippen LogP) is 3.23. The van der Waals surface area contributed by atoms with Gasteiger partial charge in [0.2, 0.25) is 0 Å². The van der Waals surface area contributed by atoms with Crippen molar-refractivity contribution in [2.75, 3.05) is 0 Å². The third kappa shape index (κ3) is 2.32. The SMILES string of the molecule is Oc1cc(F)cc(C2CC(O)c3cc(F)ccc3O2)c1. The Labute approximate surface area is 114 Å². The number of aromatic hydroxyl groups is 1. The Morgan fingerprint density at radius 3 is 2.60 bits per heavy atom. The fraction of sp³-hybridized carbons (Fsp3) is 0.200. The van der Waals surface area contributed by atoms with Gasteiger partial charge in [0.25, 0.3) is 0 Å². The quantitative estimate of drug-likeness (QED) is 0.842. The summed E-state index contributed by atoms with van der Waals surface area (Å²) in [5.74, 6) is -0.877. The summed E-state index contributed by atoms with van der Waals surface area (Å²) in [6.07, 6.45) is -1.33. The molecule has 0 saturated heterocycles. The number of phenols is 1. The summed E-state index contributed by atoms with van der Waals surface area (Å²) in [6, 6.07) is 7.50. The van der Waals surface area contributed by atoms with E-state index in [1.807, 2.05) is 0 Å². The van der Waals surface area contributed by atoms with Crippen molar-refractivity contribution in [3.8, 4) is 11.5 Å². The first-order valence-electron chi connectivity index (χ1n) is 6.16. The summed E-state index contributed by atoms with van der Waals surface area (Å²) >= 11 is 0. The van der Waals surface area contributed by atoms with Gasteiger partial charge in [-0.3, -0.25) is 0 Å². The lowest BCUT2D eigenvalue weighted by Crippen LogP contribution is -2.19. The molecule has 0 spiro atoms. The first-order chi connectivity index (χ1) is 9.52. The number of rotatable bonds is 1. The second-order valence-electron chi connectivity index (χ2n) is 4.78. The highest BCUT2D eigenvalue weighted by atomic mass is 19.1. The molecule has 2 atom stereocenters. The summed E-state index contributed by atoms with van der Waals surface area (Å²) in [4.78, 5) is 0. The highest BCUT2D eigenvalue weighted by molar-refractivity contribution is 5.39. The Morgan fingerprint density at radius 2 is 1.85 bits per heavy atom. The first-order valence-corrected chi connectivity index (χ1v) is 6.16. The van der Waals surface area contributed by atoms with Crippen LogP contribution in [0.4, 0.5) is 8.78 Å². The minimum atomic E-state index is -0.898. The summed E-state index contributed by atoms with van der Waals surface area (Å²) in [5, 5.41) is 19.5. The largest absolute Gasteiger partial charge is 0.508 e. The topological polar surface area (TPSA) is 49.7 Å². The average Bonchev–Trinajstić information content (AvgIpc) is 2.38. The van der Waals surface area contributed by atoms with Gasteiger partial charge >= 0.3 is 0 Å². The molecule has 2 N–H and O–H groups in total. The van der Waals surface area contributed by atoms with Crippen LogP contribution in [0.1, 0.15) is 29.8 Å². The maximum absolute atomic E-state index is 13.3.